The molecule has 0 saturated carbocycles. The molecule has 0 bridgehead atoms. The molecule has 0 aromatic carbocycles. The first kappa shape index (κ1) is 136. The molecule has 5 atom stereocenters. The number of carbonyl (C=O) groups is 7. The Bertz CT molecular complexity index is 5190. The van der Waals surface area contributed by atoms with Crippen LogP contribution in [-0.4, -0.2) is 320 Å². The van der Waals surface area contributed by atoms with Gasteiger partial charge in [-0.1, -0.05) is 130 Å². The molecule has 144 heavy (non-hydrogen) atoms. The molecule has 0 aliphatic carbocycles. The van der Waals surface area contributed by atoms with Gasteiger partial charge in [0.15, 0.2) is 29.5 Å². The molecule has 54 heteroatoms. The Morgan fingerprint density at radius 3 is 0.861 bits per heavy atom. The first-order valence-electron chi connectivity index (χ1n) is 46.1. The van der Waals surface area contributed by atoms with Crippen LogP contribution in [0.1, 0.15) is 228 Å². The van der Waals surface area contributed by atoms with E-state index in [1.807, 2.05) is 115 Å². The van der Waals surface area contributed by atoms with Crippen LogP contribution < -0.4 is 71.2 Å². The van der Waals surface area contributed by atoms with E-state index in [1.165, 1.54) is 94.9 Å². The summed E-state index contributed by atoms with van der Waals surface area (Å²) in [7, 11) is 9.64. The third kappa shape index (κ3) is 30.4. The van der Waals surface area contributed by atoms with Crippen LogP contribution >= 0.6 is 0 Å². The van der Waals surface area contributed by atoms with Crippen molar-refractivity contribution in [2.75, 3.05) is 135 Å². The van der Waals surface area contributed by atoms with Gasteiger partial charge in [-0.05, 0) is 51.4 Å². The Morgan fingerprint density at radius 1 is 0.257 bits per heavy atom. The third-order valence-electron chi connectivity index (χ3n) is 21.8. The van der Waals surface area contributed by atoms with Gasteiger partial charge in [-0.2, -0.15) is 0 Å². The summed E-state index contributed by atoms with van der Waals surface area (Å²) in [6.45, 7) is 48.2. The number of carbonyl (C=O) groups excluding carboxylic acids is 7. The van der Waals surface area contributed by atoms with E-state index in [0.29, 0.717) is 59.2 Å². The van der Waals surface area contributed by atoms with Crippen LogP contribution in [-0.2, 0) is 243 Å². The van der Waals surface area contributed by atoms with Gasteiger partial charge in [-0.3, -0.25) is 87.2 Å². The Balaban J connectivity index is 0.000000816. The molecule has 14 aliphatic heterocycles. The van der Waals surface area contributed by atoms with Crippen LogP contribution in [0.15, 0.2) is 76.9 Å². The van der Waals surface area contributed by atoms with Gasteiger partial charge >= 0.3 is 0 Å². The van der Waals surface area contributed by atoms with Crippen LogP contribution in [0.5, 0.6) is 40.2 Å². The second-order valence-electron chi connectivity index (χ2n) is 28.9. The van der Waals surface area contributed by atoms with Crippen molar-refractivity contribution in [3.05, 3.63) is 201 Å². The molecule has 7 fully saturated rings. The first-order valence-corrected chi connectivity index (χ1v) is 46.1. The van der Waals surface area contributed by atoms with E-state index in [-0.39, 0.29) is 390 Å². The van der Waals surface area contributed by atoms with Crippen molar-refractivity contribution in [3.63, 3.8) is 0 Å². The van der Waals surface area contributed by atoms with Crippen molar-refractivity contribution in [2.24, 2.45) is 0 Å². The number of methoxy groups -OCH3 is 7. The van der Waals surface area contributed by atoms with Crippen LogP contribution in [0.3, 0.4) is 0 Å². The molecule has 7 aromatic heterocycles. The molecule has 0 spiro atoms. The molecule has 47 nitrogen and oxygen atoms in total. The summed E-state index contributed by atoms with van der Waals surface area (Å²) in [4.78, 5) is 176. The fourth-order valence-electron chi connectivity index (χ4n) is 16.0. The number of ether oxygens (including phenoxy) is 10. The topological polar surface area (TPSA) is 485 Å². The van der Waals surface area contributed by atoms with Gasteiger partial charge in [-0.15, -0.1) is 19.6 Å². The van der Waals surface area contributed by atoms with Crippen molar-refractivity contribution in [1.82, 2.24) is 113 Å². The van der Waals surface area contributed by atoms with Crippen LogP contribution in [0, 0.1) is 46.1 Å². The average Bonchev–Trinajstić information content (AvgIpc) is 1.75. The van der Waals surface area contributed by atoms with E-state index >= 15 is 0 Å². The molecule has 7 saturated heterocycles. The first-order chi connectivity index (χ1) is 66.5. The van der Waals surface area contributed by atoms with Gasteiger partial charge in [0.25, 0.3) is 0 Å². The van der Waals surface area contributed by atoms with Crippen molar-refractivity contribution in [2.45, 2.75) is 185 Å². The van der Waals surface area contributed by atoms with Gasteiger partial charge < -0.3 is 105 Å². The van der Waals surface area contributed by atoms with Crippen LogP contribution in [0.4, 0.5) is 0 Å². The molecular formula is C90H126N23O24Y7-7. The van der Waals surface area contributed by atoms with Crippen molar-refractivity contribution >= 4 is 41.4 Å². The number of rotatable bonds is 7. The molecular weight excluding hydrogens is 2410 g/mol. The van der Waals surface area contributed by atoms with Gasteiger partial charge in [-0.25, -0.2) is 35.7 Å². The number of nitrogens with zero attached hydrogens (tertiary/aromatic N) is 23. The van der Waals surface area contributed by atoms with E-state index in [1.54, 1.807) is 72.5 Å². The fraction of sp³-hybridized carbons (Fsp3) is 0.533. The number of hydrogen-bond acceptors (Lipinski definition) is 33. The number of hydrogen-bond donors (Lipinski definition) is 0. The largest absolute Gasteiger partial charge is 0.509 e. The Morgan fingerprint density at radius 2 is 0.507 bits per heavy atom. The number of piperidine rings is 1. The predicted octanol–water partition coefficient (Wildman–Crippen LogP) is 3.95. The normalized spacial score (nSPS) is 18.2. The Kier molecular flexibility index (Phi) is 63.2. The molecule has 21 heterocycles. The standard InChI is InChI=1S/C12H14N3O3.C11H13N4O3.2C11H12N3O4.C11H12N3O3.C10H11N4O3.C10H10N3O4.7C2H6.7Y/c1-18-11-9(16)6-13-15-7-8-4-2-3-5-14(8)12(17)10(11)15;1-18-10-8(16)6-12-14-7-13-4-2-3-5-15(13)11(17)9(10)14;1-17-10-8(15)4-12-14-5-7-6-18-3-2-13(7)11(16)9(10)14;1-17-10-7(15)5-12-14-6-8-13(3-2-4-18-8)11(16)9(10)14;1-17-10-8(15)5-12-14-6-7-3-2-4-13(7)11(16)9(10)14;1-17-9-7(15)5-11-13-6-12-3-2-4-14(12)10(16)8(9)13;1-16-9-6(14)4-11-13-5-7-12(2-3-17-7)10(15)8(9)13;7*1-2;;;;;;;/h6-8H,2-5H2,1H3;6-7H,2-5H2,1H3;4-5,7H,2-3,6H2,1H3;5-6,8H,2-4H2,1H3;5-7H,2-4H2,1H3;5-6H,2-4H2,1H3;4-5,7H,2-3H2,1H3;7*1-2H3;;;;;;;/q7*-1;;;;;;;;;;;;;;. The van der Waals surface area contributed by atoms with Crippen molar-refractivity contribution < 1.29 is 310 Å². The minimum atomic E-state index is -0.418. The zero-order valence-corrected chi connectivity index (χ0v) is 106. The second kappa shape index (κ2) is 67.1. The van der Waals surface area contributed by atoms with E-state index in [9.17, 15) is 67.1 Å². The maximum Gasteiger partial charge on any atom is 0.224 e. The number of amides is 7. The van der Waals surface area contributed by atoms with Crippen molar-refractivity contribution in [3.8, 4) is 40.2 Å². The van der Waals surface area contributed by atoms with Crippen molar-refractivity contribution in [1.29, 1.82) is 0 Å². The summed E-state index contributed by atoms with van der Waals surface area (Å²) >= 11 is 0. The minimum Gasteiger partial charge on any atom is -0.509 e. The maximum absolute atomic E-state index is 12.4. The van der Waals surface area contributed by atoms with Gasteiger partial charge in [0, 0.05) is 352 Å². The van der Waals surface area contributed by atoms with E-state index in [4.69, 9.17) is 47.4 Å². The van der Waals surface area contributed by atoms with E-state index < -0.39 is 28.7 Å². The smallest absolute Gasteiger partial charge is 0.224 e. The summed E-state index contributed by atoms with van der Waals surface area (Å²) in [5, 5.41) is 34.4. The number of fused-ring (bicyclic) bond motifs is 14. The molecule has 14 aliphatic rings. The molecule has 0 N–H and O–H groups in total. The molecule has 773 valence electrons. The SMILES string of the molecule is CC.CC.CC.CC.CC.CC.CC.COc1c2n(ncc1=O)[CH-]C1CCCCN1C2=O.COc1c2n(ncc1=O)[CH-]C1CCCN1C2=O.COc1c2n(ncc1=O)[CH-]C1COCCN1C2=O.COc1c2n(ncc1=O)[CH-]C1OCCCN1C2=O.COc1c2n(ncc1=O)[CH-]C1OCCN1C2=O.COc1c2n(ncc1=O)[CH-]N1CCCCN1C2=O.COc1c2n(ncc1=O)[CH-]N1CCCN1C2=O.[Y].[Y].[Y].[Y].[Y].[Y].[Y]. The monoisotopic (exact) mass is 2540 g/mol. The van der Waals surface area contributed by atoms with Gasteiger partial charge in [0.1, 0.15) is 52.7 Å². The third-order valence-corrected chi connectivity index (χ3v) is 21.8. The second-order valence-corrected chi connectivity index (χ2v) is 28.9. The Hall–Kier alpha value is -6.33. The fourth-order valence-corrected chi connectivity index (χ4v) is 16.0. The Labute approximate surface area is 1010 Å². The summed E-state index contributed by atoms with van der Waals surface area (Å²) in [6, 6.07) is 0.0339. The minimum absolute atomic E-state index is 0. The summed E-state index contributed by atoms with van der Waals surface area (Å²) in [6.07, 6.45) is 15.9. The quantitative estimate of drug-likeness (QED) is 0.204. The summed E-state index contributed by atoms with van der Waals surface area (Å²) < 4.78 is 61.1. The van der Waals surface area contributed by atoms with Gasteiger partial charge in [0.05, 0.1) is 113 Å². The van der Waals surface area contributed by atoms with Crippen LogP contribution in [0.2, 0.25) is 0 Å². The van der Waals surface area contributed by atoms with Crippen LogP contribution in [0.25, 0.3) is 0 Å². The molecule has 21 rings (SSSR count). The zero-order valence-electron chi connectivity index (χ0n) is 85.7. The molecule has 7 radical (unpaired) electrons. The zero-order chi connectivity index (χ0) is 101. The summed E-state index contributed by atoms with van der Waals surface area (Å²) in [5.41, 5.74) is -1.32. The number of morpholine rings is 1. The number of aromatic nitrogens is 14. The molecule has 7 amide bonds. The predicted molar refractivity (Wildman–Crippen MR) is 497 cm³/mol. The number of hydrazine groups is 2. The maximum atomic E-state index is 12.4. The van der Waals surface area contributed by atoms with E-state index in [2.05, 4.69) is 35.7 Å². The average molecular weight is 2540 g/mol. The van der Waals surface area contributed by atoms with Gasteiger partial charge in [0.2, 0.25) is 49.8 Å². The molecule has 7 aromatic rings. The molecule has 5 unspecified atom stereocenters. The summed E-state index contributed by atoms with van der Waals surface area (Å²) in [5.74, 6) is -1.30. The van der Waals surface area contributed by atoms with E-state index in [0.717, 1.165) is 115 Å².